The monoisotopic (exact) mass is 507 g/mol. The summed E-state index contributed by atoms with van der Waals surface area (Å²) >= 11 is 2.27. The van der Waals surface area contributed by atoms with E-state index in [4.69, 9.17) is 4.74 Å². The number of H-pyrrole nitrogens is 1. The van der Waals surface area contributed by atoms with Gasteiger partial charge in [0.25, 0.3) is 0 Å². The van der Waals surface area contributed by atoms with Crippen LogP contribution in [0.3, 0.4) is 0 Å². The summed E-state index contributed by atoms with van der Waals surface area (Å²) < 4.78 is 6.47. The highest BCUT2D eigenvalue weighted by molar-refractivity contribution is 14.1. The third-order valence-corrected chi connectivity index (χ3v) is 5.09. The Morgan fingerprint density at radius 1 is 1.24 bits per heavy atom. The fraction of sp³-hybridized carbons (Fsp3) is 0.318. The lowest BCUT2D eigenvalue weighted by Crippen LogP contribution is -2.39. The second kappa shape index (κ2) is 9.15. The molecule has 1 atom stereocenters. The quantitative estimate of drug-likeness (QED) is 0.316. The van der Waals surface area contributed by atoms with Crippen LogP contribution in [0.1, 0.15) is 37.9 Å². The van der Waals surface area contributed by atoms with E-state index in [9.17, 15) is 10.0 Å². The van der Waals surface area contributed by atoms with Crippen molar-refractivity contribution in [3.05, 3.63) is 69.4 Å². The van der Waals surface area contributed by atoms with Gasteiger partial charge in [-0.05, 0) is 66.6 Å². The number of fused-ring (bicyclic) bond motifs is 1. The number of aromatic amines is 1. The molecule has 7 heteroatoms. The number of halogens is 1. The van der Waals surface area contributed by atoms with Gasteiger partial charge in [-0.25, -0.2) is 4.79 Å². The number of ether oxygens (including phenoxy) is 1. The van der Waals surface area contributed by atoms with Crippen LogP contribution in [0.2, 0.25) is 0 Å². The van der Waals surface area contributed by atoms with Crippen LogP contribution in [0.25, 0.3) is 10.9 Å². The molecular formula is C22H26IN3O3. The molecule has 0 spiro atoms. The first-order valence-corrected chi connectivity index (χ1v) is 10.5. The Balaban J connectivity index is 1.85. The Hall–Kier alpha value is -2.10. The molecule has 3 N–H and O–H groups in total. The lowest BCUT2D eigenvalue weighted by molar-refractivity contribution is -0.135. The van der Waals surface area contributed by atoms with E-state index in [0.29, 0.717) is 6.54 Å². The van der Waals surface area contributed by atoms with Crippen LogP contribution in [-0.4, -0.2) is 33.5 Å². The topological polar surface area (TPSA) is 77.6 Å². The van der Waals surface area contributed by atoms with Gasteiger partial charge in [0, 0.05) is 33.8 Å². The first-order valence-electron chi connectivity index (χ1n) is 9.46. The molecule has 2 aromatic carbocycles. The molecule has 0 saturated heterocycles. The molecule has 0 radical (unpaired) electrons. The van der Waals surface area contributed by atoms with Crippen LogP contribution in [-0.2, 0) is 11.3 Å². The number of carbonyl (C=O) groups excluding carboxylic acids is 1. The maximum absolute atomic E-state index is 12.2. The second-order valence-electron chi connectivity index (χ2n) is 7.92. The number of hydrogen-bond acceptors (Lipinski definition) is 4. The zero-order valence-electron chi connectivity index (χ0n) is 16.8. The Morgan fingerprint density at radius 2 is 1.97 bits per heavy atom. The predicted molar refractivity (Wildman–Crippen MR) is 122 cm³/mol. The van der Waals surface area contributed by atoms with Crippen molar-refractivity contribution < 1.29 is 14.7 Å². The van der Waals surface area contributed by atoms with Crippen molar-refractivity contribution in [3.8, 4) is 0 Å². The third-order valence-electron chi connectivity index (χ3n) is 4.42. The van der Waals surface area contributed by atoms with E-state index in [1.54, 1.807) is 0 Å². The molecule has 154 valence electrons. The van der Waals surface area contributed by atoms with Crippen LogP contribution in [0.5, 0.6) is 0 Å². The largest absolute Gasteiger partial charge is 0.444 e. The van der Waals surface area contributed by atoms with Gasteiger partial charge in [-0.2, -0.15) is 5.06 Å². The number of amides is 1. The molecule has 1 heterocycles. The standard InChI is InChI=1S/C22H26IN3O3/c1-22(2,3)29-21(27)25-13-20(26(28)14-15-7-5-4-6-8-15)18-12-24-19-11-16(23)9-10-17(18)19/h4-12,20,24,28H,13-14H2,1-3H3,(H,25,27). The number of hydroxylamine groups is 2. The number of rotatable bonds is 6. The van der Waals surface area contributed by atoms with Gasteiger partial charge in [0.2, 0.25) is 0 Å². The zero-order valence-corrected chi connectivity index (χ0v) is 18.9. The third kappa shape index (κ3) is 5.94. The minimum atomic E-state index is -0.583. The predicted octanol–water partition coefficient (Wildman–Crippen LogP) is 5.23. The van der Waals surface area contributed by atoms with Gasteiger partial charge in [-0.1, -0.05) is 36.4 Å². The van der Waals surface area contributed by atoms with E-state index in [1.807, 2.05) is 69.4 Å². The summed E-state index contributed by atoms with van der Waals surface area (Å²) in [5.41, 5.74) is 2.29. The Bertz CT molecular complexity index is 966. The van der Waals surface area contributed by atoms with Crippen molar-refractivity contribution in [2.75, 3.05) is 6.54 Å². The van der Waals surface area contributed by atoms with Gasteiger partial charge in [0.05, 0.1) is 6.04 Å². The van der Waals surface area contributed by atoms with Crippen molar-refractivity contribution >= 4 is 39.6 Å². The Morgan fingerprint density at radius 3 is 2.66 bits per heavy atom. The number of carbonyl (C=O) groups is 1. The highest BCUT2D eigenvalue weighted by atomic mass is 127. The van der Waals surface area contributed by atoms with Gasteiger partial charge in [0.1, 0.15) is 5.60 Å². The van der Waals surface area contributed by atoms with Gasteiger partial charge in [0.15, 0.2) is 0 Å². The van der Waals surface area contributed by atoms with Crippen LogP contribution < -0.4 is 5.32 Å². The van der Waals surface area contributed by atoms with Crippen LogP contribution in [0.4, 0.5) is 4.79 Å². The van der Waals surface area contributed by atoms with E-state index in [-0.39, 0.29) is 6.54 Å². The molecule has 1 aromatic heterocycles. The lowest BCUT2D eigenvalue weighted by atomic mass is 10.0. The highest BCUT2D eigenvalue weighted by Gasteiger charge is 2.24. The Kier molecular flexibility index (Phi) is 6.81. The summed E-state index contributed by atoms with van der Waals surface area (Å²) in [5.74, 6) is 0. The van der Waals surface area contributed by atoms with E-state index in [0.717, 1.165) is 25.6 Å². The minimum Gasteiger partial charge on any atom is -0.444 e. The molecule has 29 heavy (non-hydrogen) atoms. The molecule has 0 saturated carbocycles. The molecule has 1 unspecified atom stereocenters. The summed E-state index contributed by atoms with van der Waals surface area (Å²) in [6.07, 6.45) is 1.38. The SMILES string of the molecule is CC(C)(C)OC(=O)NCC(c1c[nH]c2cc(I)ccc12)N(O)Cc1ccccc1. The maximum Gasteiger partial charge on any atom is 0.407 e. The van der Waals surface area contributed by atoms with Gasteiger partial charge < -0.3 is 20.2 Å². The summed E-state index contributed by atoms with van der Waals surface area (Å²) in [6, 6.07) is 15.4. The molecule has 3 rings (SSSR count). The highest BCUT2D eigenvalue weighted by Crippen LogP contribution is 2.29. The molecular weight excluding hydrogens is 481 g/mol. The maximum atomic E-state index is 12.2. The zero-order chi connectivity index (χ0) is 21.0. The first-order chi connectivity index (χ1) is 13.7. The van der Waals surface area contributed by atoms with Crippen molar-refractivity contribution in [2.24, 2.45) is 0 Å². The van der Waals surface area contributed by atoms with Crippen molar-refractivity contribution in [3.63, 3.8) is 0 Å². The van der Waals surface area contributed by atoms with Crippen molar-refractivity contribution in [1.29, 1.82) is 0 Å². The summed E-state index contributed by atoms with van der Waals surface area (Å²) in [6.45, 7) is 5.99. The van der Waals surface area contributed by atoms with Gasteiger partial charge in [-0.3, -0.25) is 0 Å². The number of alkyl carbamates (subject to hydrolysis) is 1. The van der Waals surface area contributed by atoms with E-state index >= 15 is 0 Å². The number of nitrogens with zero attached hydrogens (tertiary/aromatic N) is 1. The number of hydrogen-bond donors (Lipinski definition) is 3. The lowest BCUT2D eigenvalue weighted by Gasteiger charge is -2.27. The number of benzene rings is 2. The minimum absolute atomic E-state index is 0.206. The number of nitrogens with one attached hydrogen (secondary N) is 2. The molecule has 6 nitrogen and oxygen atoms in total. The van der Waals surface area contributed by atoms with Crippen molar-refractivity contribution in [1.82, 2.24) is 15.4 Å². The average Bonchev–Trinajstić information content (AvgIpc) is 3.04. The molecule has 0 bridgehead atoms. The smallest absolute Gasteiger partial charge is 0.407 e. The normalized spacial score (nSPS) is 12.9. The van der Waals surface area contributed by atoms with Gasteiger partial charge in [-0.15, -0.1) is 0 Å². The molecule has 0 aliphatic heterocycles. The van der Waals surface area contributed by atoms with Crippen LogP contribution in [0, 0.1) is 3.57 Å². The second-order valence-corrected chi connectivity index (χ2v) is 9.16. The summed E-state index contributed by atoms with van der Waals surface area (Å²) in [7, 11) is 0. The van der Waals surface area contributed by atoms with Crippen molar-refractivity contribution in [2.45, 2.75) is 39.0 Å². The van der Waals surface area contributed by atoms with E-state index in [1.165, 1.54) is 5.06 Å². The van der Waals surface area contributed by atoms with Crippen LogP contribution >= 0.6 is 22.6 Å². The fourth-order valence-corrected chi connectivity index (χ4v) is 3.64. The Labute approximate surface area is 184 Å². The molecule has 0 aliphatic rings. The first kappa shape index (κ1) is 21.6. The average molecular weight is 507 g/mol. The summed E-state index contributed by atoms with van der Waals surface area (Å²) in [4.78, 5) is 15.4. The fourth-order valence-electron chi connectivity index (χ4n) is 3.15. The van der Waals surface area contributed by atoms with E-state index in [2.05, 4.69) is 39.0 Å². The summed E-state index contributed by atoms with van der Waals surface area (Å²) in [5, 5.41) is 16.0. The molecule has 3 aromatic rings. The van der Waals surface area contributed by atoms with E-state index < -0.39 is 17.7 Å². The molecule has 0 fully saturated rings. The van der Waals surface area contributed by atoms with Crippen LogP contribution in [0.15, 0.2) is 54.7 Å². The number of aromatic nitrogens is 1. The molecule has 1 amide bonds. The van der Waals surface area contributed by atoms with Gasteiger partial charge >= 0.3 is 6.09 Å². The molecule has 0 aliphatic carbocycles.